The molecule has 0 N–H and O–H groups in total. The van der Waals surface area contributed by atoms with Gasteiger partial charge in [-0.3, -0.25) is 0 Å². The van der Waals surface area contributed by atoms with E-state index in [1.165, 1.54) is 23.3 Å². The van der Waals surface area contributed by atoms with Gasteiger partial charge in [-0.2, -0.15) is 0 Å². The molecule has 0 radical (unpaired) electrons. The van der Waals surface area contributed by atoms with Crippen LogP contribution in [0.1, 0.15) is 52.7 Å². The second-order valence-electron chi connectivity index (χ2n) is 7.51. The molecular weight excluding hydrogens is 295 g/mol. The second kappa shape index (κ2) is 7.28. The fraction of sp³-hybridized carbons (Fsp3) is 0.400. The Kier molecular flexibility index (Phi) is 6.19. The SMILES string of the molecule is CC(C)(C)c1ccc(Cl)cc1.CC(C)(C)c1ccc(F)cc1. The Morgan fingerprint density at radius 2 is 0.955 bits per heavy atom. The molecule has 0 aliphatic heterocycles. The van der Waals surface area contributed by atoms with Gasteiger partial charge in [0.2, 0.25) is 0 Å². The molecular formula is C20H26ClF. The van der Waals surface area contributed by atoms with Gasteiger partial charge in [-0.05, 0) is 46.2 Å². The summed E-state index contributed by atoms with van der Waals surface area (Å²) in [6.45, 7) is 12.9. The minimum Gasteiger partial charge on any atom is -0.207 e. The molecule has 2 rings (SSSR count). The van der Waals surface area contributed by atoms with E-state index in [1.807, 2.05) is 24.3 Å². The third-order valence-electron chi connectivity index (χ3n) is 3.42. The summed E-state index contributed by atoms with van der Waals surface area (Å²) in [5, 5.41) is 0.804. The van der Waals surface area contributed by atoms with Crippen molar-refractivity contribution < 1.29 is 4.39 Å². The molecule has 0 amide bonds. The molecule has 0 heterocycles. The molecule has 0 bridgehead atoms. The summed E-state index contributed by atoms with van der Waals surface area (Å²) in [4.78, 5) is 0. The second-order valence-corrected chi connectivity index (χ2v) is 7.95. The van der Waals surface area contributed by atoms with E-state index in [0.717, 1.165) is 5.02 Å². The Bertz CT molecular complexity index is 514. The minimum atomic E-state index is -0.169. The van der Waals surface area contributed by atoms with Crippen molar-refractivity contribution in [1.29, 1.82) is 0 Å². The van der Waals surface area contributed by atoms with E-state index in [-0.39, 0.29) is 16.6 Å². The van der Waals surface area contributed by atoms with Gasteiger partial charge in [0.1, 0.15) is 5.82 Å². The van der Waals surface area contributed by atoms with Crippen LogP contribution in [-0.4, -0.2) is 0 Å². The highest BCUT2D eigenvalue weighted by molar-refractivity contribution is 6.30. The Balaban J connectivity index is 0.000000220. The van der Waals surface area contributed by atoms with E-state index >= 15 is 0 Å². The zero-order chi connectivity index (χ0) is 17.0. The van der Waals surface area contributed by atoms with Crippen molar-refractivity contribution in [3.63, 3.8) is 0 Å². The van der Waals surface area contributed by atoms with Crippen LogP contribution in [0.5, 0.6) is 0 Å². The number of hydrogen-bond acceptors (Lipinski definition) is 0. The van der Waals surface area contributed by atoms with Gasteiger partial charge in [-0.25, -0.2) is 4.39 Å². The molecule has 2 aromatic carbocycles. The summed E-state index contributed by atoms with van der Waals surface area (Å²) in [5.74, 6) is -0.169. The molecule has 0 aliphatic rings. The first-order valence-electron chi connectivity index (χ1n) is 7.52. The van der Waals surface area contributed by atoms with Crippen molar-refractivity contribution in [3.05, 3.63) is 70.5 Å². The van der Waals surface area contributed by atoms with Gasteiger partial charge in [-0.1, -0.05) is 77.4 Å². The van der Waals surface area contributed by atoms with Crippen molar-refractivity contribution in [2.45, 2.75) is 52.4 Å². The lowest BCUT2D eigenvalue weighted by Gasteiger charge is -2.18. The molecule has 0 aliphatic carbocycles. The largest absolute Gasteiger partial charge is 0.207 e. The van der Waals surface area contributed by atoms with Gasteiger partial charge in [0.15, 0.2) is 0 Å². The number of halogens is 2. The number of rotatable bonds is 0. The standard InChI is InChI=1S/C10H13Cl.C10H13F/c2*1-10(2,3)8-4-6-9(11)7-5-8/h2*4-7H,1-3H3. The molecule has 0 spiro atoms. The maximum atomic E-state index is 12.5. The zero-order valence-corrected chi connectivity index (χ0v) is 15.1. The van der Waals surface area contributed by atoms with Crippen LogP contribution in [0.4, 0.5) is 4.39 Å². The minimum absolute atomic E-state index is 0.119. The fourth-order valence-electron chi connectivity index (χ4n) is 1.90. The first-order valence-corrected chi connectivity index (χ1v) is 7.90. The zero-order valence-electron chi connectivity index (χ0n) is 14.4. The molecule has 0 saturated heterocycles. The average Bonchev–Trinajstić information content (AvgIpc) is 2.38. The maximum absolute atomic E-state index is 12.5. The summed E-state index contributed by atoms with van der Waals surface area (Å²) in [6, 6.07) is 14.7. The Labute approximate surface area is 139 Å². The van der Waals surface area contributed by atoms with Crippen molar-refractivity contribution >= 4 is 11.6 Å². The van der Waals surface area contributed by atoms with Crippen molar-refractivity contribution in [1.82, 2.24) is 0 Å². The smallest absolute Gasteiger partial charge is 0.123 e. The van der Waals surface area contributed by atoms with Crippen LogP contribution in [0.15, 0.2) is 48.5 Å². The number of benzene rings is 2. The Morgan fingerprint density at radius 1 is 0.636 bits per heavy atom. The highest BCUT2D eigenvalue weighted by Crippen LogP contribution is 2.23. The summed E-state index contributed by atoms with van der Waals surface area (Å²) in [7, 11) is 0. The highest BCUT2D eigenvalue weighted by atomic mass is 35.5. The molecule has 2 aromatic rings. The third kappa shape index (κ3) is 6.19. The van der Waals surface area contributed by atoms with Crippen molar-refractivity contribution in [2.24, 2.45) is 0 Å². The molecule has 0 nitrogen and oxygen atoms in total. The van der Waals surface area contributed by atoms with E-state index in [4.69, 9.17) is 11.6 Å². The predicted octanol–water partition coefficient (Wildman–Crippen LogP) is 6.76. The Hall–Kier alpha value is -1.34. The van der Waals surface area contributed by atoms with Crippen molar-refractivity contribution in [2.75, 3.05) is 0 Å². The molecule has 0 aromatic heterocycles. The molecule has 120 valence electrons. The van der Waals surface area contributed by atoms with Gasteiger partial charge in [0, 0.05) is 5.02 Å². The predicted molar refractivity (Wildman–Crippen MR) is 95.3 cm³/mol. The van der Waals surface area contributed by atoms with Crippen LogP contribution < -0.4 is 0 Å². The van der Waals surface area contributed by atoms with E-state index < -0.39 is 0 Å². The summed E-state index contributed by atoms with van der Waals surface area (Å²) >= 11 is 5.76. The summed E-state index contributed by atoms with van der Waals surface area (Å²) in [6.07, 6.45) is 0. The van der Waals surface area contributed by atoms with Gasteiger partial charge in [0.05, 0.1) is 0 Å². The van der Waals surface area contributed by atoms with Gasteiger partial charge in [-0.15, -0.1) is 0 Å². The first kappa shape index (κ1) is 18.7. The quantitative estimate of drug-likeness (QED) is 0.503. The topological polar surface area (TPSA) is 0 Å². The third-order valence-corrected chi connectivity index (χ3v) is 3.67. The first-order chi connectivity index (χ1) is 10.00. The molecule has 0 unspecified atom stereocenters. The van der Waals surface area contributed by atoms with Gasteiger partial charge >= 0.3 is 0 Å². The lowest BCUT2D eigenvalue weighted by atomic mass is 9.87. The molecule has 2 heteroatoms. The molecule has 22 heavy (non-hydrogen) atoms. The normalized spacial score (nSPS) is 11.6. The fourth-order valence-corrected chi connectivity index (χ4v) is 2.03. The van der Waals surface area contributed by atoms with Gasteiger partial charge < -0.3 is 0 Å². The average molecular weight is 321 g/mol. The Morgan fingerprint density at radius 3 is 1.27 bits per heavy atom. The molecule has 0 fully saturated rings. The maximum Gasteiger partial charge on any atom is 0.123 e. The van der Waals surface area contributed by atoms with E-state index in [0.29, 0.717) is 0 Å². The van der Waals surface area contributed by atoms with Crippen LogP contribution in [-0.2, 0) is 10.8 Å². The monoisotopic (exact) mass is 320 g/mol. The van der Waals surface area contributed by atoms with Crippen LogP contribution in [0.2, 0.25) is 5.02 Å². The lowest BCUT2D eigenvalue weighted by Crippen LogP contribution is -2.10. The van der Waals surface area contributed by atoms with Crippen LogP contribution in [0.25, 0.3) is 0 Å². The lowest BCUT2D eigenvalue weighted by molar-refractivity contribution is 0.583. The van der Waals surface area contributed by atoms with E-state index in [9.17, 15) is 4.39 Å². The van der Waals surface area contributed by atoms with Gasteiger partial charge in [0.25, 0.3) is 0 Å². The summed E-state index contributed by atoms with van der Waals surface area (Å²) in [5.41, 5.74) is 2.83. The van der Waals surface area contributed by atoms with E-state index in [1.54, 1.807) is 0 Å². The van der Waals surface area contributed by atoms with Crippen LogP contribution in [0.3, 0.4) is 0 Å². The van der Waals surface area contributed by atoms with Crippen molar-refractivity contribution in [3.8, 4) is 0 Å². The molecule has 0 saturated carbocycles. The number of hydrogen-bond donors (Lipinski definition) is 0. The van der Waals surface area contributed by atoms with Crippen LogP contribution in [0, 0.1) is 5.82 Å². The molecule has 0 atom stereocenters. The highest BCUT2D eigenvalue weighted by Gasteiger charge is 2.13. The van der Waals surface area contributed by atoms with E-state index in [2.05, 4.69) is 53.7 Å². The summed E-state index contributed by atoms with van der Waals surface area (Å²) < 4.78 is 12.5. The van der Waals surface area contributed by atoms with Crippen LogP contribution >= 0.6 is 11.6 Å².